The van der Waals surface area contributed by atoms with E-state index in [1.54, 1.807) is 7.05 Å². The molecule has 0 saturated heterocycles. The zero-order chi connectivity index (χ0) is 16.8. The molecule has 0 fully saturated rings. The molecule has 0 unspecified atom stereocenters. The van der Waals surface area contributed by atoms with Gasteiger partial charge in [0.1, 0.15) is 12.4 Å². The number of carbonyl (C=O) groups excluding carboxylic acids is 1. The molecule has 0 aliphatic heterocycles. The van der Waals surface area contributed by atoms with Crippen molar-refractivity contribution in [2.45, 2.75) is 13.3 Å². The minimum absolute atomic E-state index is 0.0376. The molecule has 0 saturated carbocycles. The fourth-order valence-corrected chi connectivity index (χ4v) is 2.03. The normalized spacial score (nSPS) is 10.2. The predicted octanol–water partition coefficient (Wildman–Crippen LogP) is 2.02. The topological polar surface area (TPSA) is 101 Å². The minimum atomic E-state index is -0.571. The Morgan fingerprint density at radius 1 is 1.30 bits per heavy atom. The van der Waals surface area contributed by atoms with Crippen LogP contribution in [-0.2, 0) is 11.2 Å². The van der Waals surface area contributed by atoms with Crippen LogP contribution in [0.1, 0.15) is 12.5 Å². The van der Waals surface area contributed by atoms with E-state index in [4.69, 9.17) is 0 Å². The van der Waals surface area contributed by atoms with Gasteiger partial charge in [-0.1, -0.05) is 25.1 Å². The highest BCUT2D eigenvalue weighted by Crippen LogP contribution is 2.16. The van der Waals surface area contributed by atoms with Crippen LogP contribution >= 0.6 is 0 Å². The monoisotopic (exact) mass is 315 g/mol. The van der Waals surface area contributed by atoms with Gasteiger partial charge in [-0.05, 0) is 18.1 Å². The van der Waals surface area contributed by atoms with Gasteiger partial charge >= 0.3 is 5.69 Å². The molecule has 1 heterocycles. The van der Waals surface area contributed by atoms with Crippen molar-refractivity contribution in [3.05, 3.63) is 52.3 Å². The van der Waals surface area contributed by atoms with E-state index in [2.05, 4.69) is 15.3 Å². The van der Waals surface area contributed by atoms with Crippen molar-refractivity contribution in [2.24, 2.45) is 0 Å². The van der Waals surface area contributed by atoms with Gasteiger partial charge in [-0.2, -0.15) is 0 Å². The number of rotatable bonds is 6. The number of nitrogens with one attached hydrogen (secondary N) is 1. The molecule has 1 aromatic carbocycles. The lowest BCUT2D eigenvalue weighted by molar-refractivity contribution is -0.385. The number of benzene rings is 1. The molecule has 1 aromatic heterocycles. The fraction of sp³-hybridized carbons (Fsp3) is 0.267. The van der Waals surface area contributed by atoms with Gasteiger partial charge in [0.2, 0.25) is 11.9 Å². The molecule has 23 heavy (non-hydrogen) atoms. The Balaban J connectivity index is 2.00. The maximum atomic E-state index is 12.1. The summed E-state index contributed by atoms with van der Waals surface area (Å²) in [6.45, 7) is 2.05. The van der Waals surface area contributed by atoms with Gasteiger partial charge < -0.3 is 10.2 Å². The summed E-state index contributed by atoms with van der Waals surface area (Å²) in [5.74, 6) is 0.0323. The third kappa shape index (κ3) is 4.22. The number of carbonyl (C=O) groups is 1. The average molecular weight is 315 g/mol. The van der Waals surface area contributed by atoms with Gasteiger partial charge in [0.15, 0.2) is 0 Å². The summed E-state index contributed by atoms with van der Waals surface area (Å²) >= 11 is 0. The number of hydrogen-bond donors (Lipinski definition) is 1. The maximum Gasteiger partial charge on any atom is 0.305 e. The van der Waals surface area contributed by atoms with Crippen LogP contribution < -0.4 is 10.2 Å². The van der Waals surface area contributed by atoms with Gasteiger partial charge in [0.25, 0.3) is 0 Å². The van der Waals surface area contributed by atoms with Crippen LogP contribution in [-0.4, -0.2) is 34.4 Å². The summed E-state index contributed by atoms with van der Waals surface area (Å²) in [5.41, 5.74) is 1.64. The Bertz CT molecular complexity index is 703. The Morgan fingerprint density at radius 3 is 2.57 bits per heavy atom. The minimum Gasteiger partial charge on any atom is -0.335 e. The Labute approximate surface area is 133 Å². The van der Waals surface area contributed by atoms with E-state index in [9.17, 15) is 14.9 Å². The molecule has 0 spiro atoms. The summed E-state index contributed by atoms with van der Waals surface area (Å²) in [4.78, 5) is 31.4. The van der Waals surface area contributed by atoms with Crippen LogP contribution in [0.5, 0.6) is 0 Å². The highest BCUT2D eigenvalue weighted by Gasteiger charge is 2.13. The number of likely N-dealkylation sites (N-methyl/N-ethyl adjacent to an activating group) is 1. The summed E-state index contributed by atoms with van der Waals surface area (Å²) in [5, 5.41) is 13.4. The van der Waals surface area contributed by atoms with Crippen molar-refractivity contribution in [1.29, 1.82) is 0 Å². The fourth-order valence-electron chi connectivity index (χ4n) is 2.03. The predicted molar refractivity (Wildman–Crippen MR) is 86.4 cm³/mol. The summed E-state index contributed by atoms with van der Waals surface area (Å²) < 4.78 is 0. The van der Waals surface area contributed by atoms with Crippen molar-refractivity contribution < 1.29 is 9.72 Å². The molecule has 8 heteroatoms. The van der Waals surface area contributed by atoms with Crippen LogP contribution in [0.3, 0.4) is 0 Å². The van der Waals surface area contributed by atoms with Gasteiger partial charge in [0, 0.05) is 12.7 Å². The number of nitro groups is 1. The summed E-state index contributed by atoms with van der Waals surface area (Å²) in [6, 6.07) is 7.58. The second-order valence-corrected chi connectivity index (χ2v) is 4.91. The zero-order valence-electron chi connectivity index (χ0n) is 12.9. The molecule has 0 aliphatic rings. The molecule has 0 radical (unpaired) electrons. The molecule has 0 atom stereocenters. The lowest BCUT2D eigenvalue weighted by atomic mass is 10.1. The molecule has 0 bridgehead atoms. The number of para-hydroxylation sites is 1. The molecule has 2 rings (SSSR count). The lowest BCUT2D eigenvalue weighted by Crippen LogP contribution is -2.31. The first-order valence-corrected chi connectivity index (χ1v) is 7.06. The lowest BCUT2D eigenvalue weighted by Gasteiger charge is -2.17. The highest BCUT2D eigenvalue weighted by atomic mass is 16.6. The smallest absolute Gasteiger partial charge is 0.305 e. The number of amides is 1. The molecular formula is C15H17N5O3. The van der Waals surface area contributed by atoms with Crippen molar-refractivity contribution in [1.82, 2.24) is 9.97 Å². The first-order chi connectivity index (χ1) is 11.0. The number of anilines is 2. The summed E-state index contributed by atoms with van der Waals surface area (Å²) in [7, 11) is 1.65. The van der Waals surface area contributed by atoms with E-state index in [1.807, 2.05) is 31.2 Å². The van der Waals surface area contributed by atoms with E-state index in [0.717, 1.165) is 30.1 Å². The second kappa shape index (κ2) is 7.30. The van der Waals surface area contributed by atoms with Crippen molar-refractivity contribution >= 4 is 23.2 Å². The first-order valence-electron chi connectivity index (χ1n) is 7.06. The van der Waals surface area contributed by atoms with Crippen LogP contribution in [0.25, 0.3) is 0 Å². The Kier molecular flexibility index (Phi) is 5.19. The maximum absolute atomic E-state index is 12.1. The molecule has 8 nitrogen and oxygen atoms in total. The highest BCUT2D eigenvalue weighted by molar-refractivity contribution is 5.94. The quantitative estimate of drug-likeness (QED) is 0.646. The third-order valence-corrected chi connectivity index (χ3v) is 3.23. The van der Waals surface area contributed by atoms with E-state index < -0.39 is 4.92 Å². The number of aromatic nitrogens is 2. The third-order valence-electron chi connectivity index (χ3n) is 3.23. The van der Waals surface area contributed by atoms with Gasteiger partial charge in [0.05, 0.1) is 11.5 Å². The Morgan fingerprint density at radius 2 is 1.96 bits per heavy atom. The first kappa shape index (κ1) is 16.3. The SMILES string of the molecule is CCc1ccccc1NC(=O)CN(C)c1ncc([N+](=O)[O-])cn1. The Hall–Kier alpha value is -3.03. The number of nitrogens with zero attached hydrogens (tertiary/aromatic N) is 4. The van der Waals surface area contributed by atoms with E-state index in [-0.39, 0.29) is 24.1 Å². The van der Waals surface area contributed by atoms with Crippen molar-refractivity contribution in [2.75, 3.05) is 23.8 Å². The summed E-state index contributed by atoms with van der Waals surface area (Å²) in [6.07, 6.45) is 3.05. The van der Waals surface area contributed by atoms with Crippen LogP contribution in [0, 0.1) is 10.1 Å². The largest absolute Gasteiger partial charge is 0.335 e. The number of hydrogen-bond acceptors (Lipinski definition) is 6. The molecule has 120 valence electrons. The molecular weight excluding hydrogens is 298 g/mol. The van der Waals surface area contributed by atoms with Crippen LogP contribution in [0.4, 0.5) is 17.3 Å². The number of aryl methyl sites for hydroxylation is 1. The zero-order valence-corrected chi connectivity index (χ0v) is 12.9. The van der Waals surface area contributed by atoms with Crippen molar-refractivity contribution in [3.63, 3.8) is 0 Å². The van der Waals surface area contributed by atoms with Crippen LogP contribution in [0.15, 0.2) is 36.7 Å². The van der Waals surface area contributed by atoms with Gasteiger partial charge in [-0.25, -0.2) is 9.97 Å². The van der Waals surface area contributed by atoms with Gasteiger partial charge in [-0.15, -0.1) is 0 Å². The van der Waals surface area contributed by atoms with E-state index in [0.29, 0.717) is 0 Å². The molecule has 0 aliphatic carbocycles. The van der Waals surface area contributed by atoms with E-state index in [1.165, 1.54) is 4.90 Å². The average Bonchev–Trinajstić information content (AvgIpc) is 2.55. The van der Waals surface area contributed by atoms with Crippen LogP contribution in [0.2, 0.25) is 0 Å². The van der Waals surface area contributed by atoms with Crippen molar-refractivity contribution in [3.8, 4) is 0 Å². The molecule has 1 N–H and O–H groups in total. The standard InChI is InChI=1S/C15H17N5O3/c1-3-11-6-4-5-7-13(11)18-14(21)10-19(2)15-16-8-12(9-17-15)20(22)23/h4-9H,3,10H2,1-2H3,(H,18,21). The van der Waals surface area contributed by atoms with E-state index >= 15 is 0 Å². The van der Waals surface area contributed by atoms with Gasteiger partial charge in [-0.3, -0.25) is 14.9 Å². The molecule has 1 amide bonds. The molecule has 2 aromatic rings. The second-order valence-electron chi connectivity index (χ2n) is 4.91.